The molecule has 24 heavy (non-hydrogen) atoms. The van der Waals surface area contributed by atoms with Crippen molar-refractivity contribution in [1.82, 2.24) is 5.32 Å². The number of nitrogens with one attached hydrogen (secondary N) is 1. The van der Waals surface area contributed by atoms with Crippen LogP contribution in [0.4, 0.5) is 5.69 Å². The van der Waals surface area contributed by atoms with Crippen LogP contribution in [0, 0.1) is 0 Å². The van der Waals surface area contributed by atoms with Gasteiger partial charge in [0.2, 0.25) is 5.91 Å². The van der Waals surface area contributed by atoms with E-state index in [2.05, 4.69) is 5.32 Å². The zero-order valence-electron chi connectivity index (χ0n) is 13.8. The Morgan fingerprint density at radius 3 is 2.67 bits per heavy atom. The maximum Gasteiger partial charge on any atom is 0.254 e. The molecule has 1 heterocycles. The number of benzene rings is 2. The predicted molar refractivity (Wildman–Crippen MR) is 92.3 cm³/mol. The normalized spacial score (nSPS) is 15.3. The van der Waals surface area contributed by atoms with Gasteiger partial charge in [0.15, 0.2) is 0 Å². The number of carbonyl (C=O) groups is 2. The summed E-state index contributed by atoms with van der Waals surface area (Å²) in [5.41, 5.74) is 2.06. The Kier molecular flexibility index (Phi) is 4.51. The Labute approximate surface area is 141 Å². The molecule has 0 aliphatic carbocycles. The molecule has 1 aliphatic heterocycles. The molecule has 124 valence electrons. The number of nitrogens with zero attached hydrogens (tertiary/aromatic N) is 1. The van der Waals surface area contributed by atoms with Crippen molar-refractivity contribution in [3.05, 3.63) is 59.7 Å². The van der Waals surface area contributed by atoms with E-state index in [1.807, 2.05) is 30.3 Å². The van der Waals surface area contributed by atoms with Crippen molar-refractivity contribution < 1.29 is 14.3 Å². The molecule has 0 bridgehead atoms. The van der Waals surface area contributed by atoms with E-state index in [1.54, 1.807) is 32.2 Å². The van der Waals surface area contributed by atoms with E-state index in [1.165, 1.54) is 4.90 Å². The van der Waals surface area contributed by atoms with Gasteiger partial charge in [0.1, 0.15) is 12.4 Å². The van der Waals surface area contributed by atoms with Crippen LogP contribution in [0.15, 0.2) is 48.5 Å². The minimum Gasteiger partial charge on any atom is -0.491 e. The van der Waals surface area contributed by atoms with E-state index in [9.17, 15) is 9.59 Å². The summed E-state index contributed by atoms with van der Waals surface area (Å²) in [6.45, 7) is 2.21. The van der Waals surface area contributed by atoms with Gasteiger partial charge in [0, 0.05) is 19.0 Å². The molecule has 1 aliphatic rings. The minimum absolute atomic E-state index is 0.0372. The van der Waals surface area contributed by atoms with Crippen LogP contribution in [0.2, 0.25) is 0 Å². The quantitative estimate of drug-likeness (QED) is 0.941. The first-order valence-corrected chi connectivity index (χ1v) is 8.00. The van der Waals surface area contributed by atoms with Gasteiger partial charge in [-0.3, -0.25) is 9.59 Å². The van der Waals surface area contributed by atoms with Crippen molar-refractivity contribution in [2.75, 3.05) is 18.6 Å². The third kappa shape index (κ3) is 2.97. The van der Waals surface area contributed by atoms with Gasteiger partial charge < -0.3 is 15.0 Å². The Balaban J connectivity index is 1.83. The third-order valence-corrected chi connectivity index (χ3v) is 4.19. The molecule has 0 saturated heterocycles. The Morgan fingerprint density at radius 1 is 1.17 bits per heavy atom. The molecule has 0 saturated carbocycles. The van der Waals surface area contributed by atoms with Crippen LogP contribution in [0.1, 0.15) is 35.3 Å². The van der Waals surface area contributed by atoms with Gasteiger partial charge in [-0.05, 0) is 18.2 Å². The monoisotopic (exact) mass is 324 g/mol. The lowest BCUT2D eigenvalue weighted by Crippen LogP contribution is -2.32. The summed E-state index contributed by atoms with van der Waals surface area (Å²) in [6.07, 6.45) is 0.385. The van der Waals surface area contributed by atoms with Crippen molar-refractivity contribution in [2.45, 2.75) is 19.4 Å². The maximum atomic E-state index is 12.7. The number of amides is 2. The summed E-state index contributed by atoms with van der Waals surface area (Å²) in [6, 6.07) is 14.6. The number of fused-ring (bicyclic) bond motifs is 1. The fourth-order valence-electron chi connectivity index (χ4n) is 2.85. The Hall–Kier alpha value is -2.82. The number of anilines is 1. The number of hydrogen-bond acceptors (Lipinski definition) is 3. The van der Waals surface area contributed by atoms with Crippen molar-refractivity contribution in [2.24, 2.45) is 0 Å². The molecule has 1 unspecified atom stereocenters. The second kappa shape index (κ2) is 6.74. The first-order chi connectivity index (χ1) is 11.6. The number of rotatable bonds is 4. The molecule has 2 amide bonds. The van der Waals surface area contributed by atoms with Gasteiger partial charge in [-0.15, -0.1) is 0 Å². The molecule has 0 spiro atoms. The van der Waals surface area contributed by atoms with E-state index in [-0.39, 0.29) is 17.9 Å². The molecule has 2 aromatic rings. The summed E-state index contributed by atoms with van der Waals surface area (Å²) >= 11 is 0. The van der Waals surface area contributed by atoms with E-state index < -0.39 is 0 Å². The van der Waals surface area contributed by atoms with Gasteiger partial charge in [-0.1, -0.05) is 37.3 Å². The lowest BCUT2D eigenvalue weighted by molar-refractivity contribution is -0.118. The van der Waals surface area contributed by atoms with Gasteiger partial charge in [-0.25, -0.2) is 0 Å². The van der Waals surface area contributed by atoms with Crippen LogP contribution in [-0.4, -0.2) is 25.5 Å². The van der Waals surface area contributed by atoms with E-state index in [0.29, 0.717) is 24.3 Å². The van der Waals surface area contributed by atoms with Crippen molar-refractivity contribution in [1.29, 1.82) is 0 Å². The van der Waals surface area contributed by atoms with Gasteiger partial charge in [-0.2, -0.15) is 0 Å². The second-order valence-corrected chi connectivity index (χ2v) is 5.70. The summed E-state index contributed by atoms with van der Waals surface area (Å²) in [7, 11) is 1.69. The summed E-state index contributed by atoms with van der Waals surface area (Å²) < 4.78 is 5.60. The lowest BCUT2D eigenvalue weighted by atomic mass is 10.1. The highest BCUT2D eigenvalue weighted by molar-refractivity contribution is 6.04. The Morgan fingerprint density at radius 2 is 1.88 bits per heavy atom. The molecule has 3 rings (SSSR count). The Bertz CT molecular complexity index is 773. The molecular formula is C19H20N2O3. The van der Waals surface area contributed by atoms with Crippen molar-refractivity contribution >= 4 is 17.5 Å². The van der Waals surface area contributed by atoms with Gasteiger partial charge in [0.05, 0.1) is 17.3 Å². The zero-order valence-corrected chi connectivity index (χ0v) is 13.8. The molecular weight excluding hydrogens is 304 g/mol. The lowest BCUT2D eigenvalue weighted by Gasteiger charge is -2.20. The highest BCUT2D eigenvalue weighted by Gasteiger charge is 2.26. The number of ether oxygens (including phenoxy) is 1. The first-order valence-electron chi connectivity index (χ1n) is 8.00. The minimum atomic E-state index is -0.216. The molecule has 1 N–H and O–H groups in total. The van der Waals surface area contributed by atoms with Crippen LogP contribution in [0.5, 0.6) is 5.75 Å². The number of carbonyl (C=O) groups excluding carboxylic acids is 2. The van der Waals surface area contributed by atoms with E-state index in [4.69, 9.17) is 4.74 Å². The smallest absolute Gasteiger partial charge is 0.254 e. The van der Waals surface area contributed by atoms with E-state index in [0.717, 1.165) is 11.3 Å². The van der Waals surface area contributed by atoms with Crippen LogP contribution < -0.4 is 15.0 Å². The highest BCUT2D eigenvalue weighted by Crippen LogP contribution is 2.32. The number of para-hydroxylation sites is 2. The topological polar surface area (TPSA) is 58.6 Å². The fourth-order valence-corrected chi connectivity index (χ4v) is 2.85. The van der Waals surface area contributed by atoms with Crippen LogP contribution in [0.3, 0.4) is 0 Å². The van der Waals surface area contributed by atoms with Crippen LogP contribution in [-0.2, 0) is 4.79 Å². The molecule has 0 fully saturated rings. The zero-order chi connectivity index (χ0) is 17.1. The maximum absolute atomic E-state index is 12.7. The average Bonchev–Trinajstić information content (AvgIpc) is 3.03. The second-order valence-electron chi connectivity index (χ2n) is 5.70. The molecule has 5 heteroatoms. The average molecular weight is 324 g/mol. The first kappa shape index (κ1) is 16.1. The third-order valence-electron chi connectivity index (χ3n) is 4.19. The van der Waals surface area contributed by atoms with Crippen molar-refractivity contribution in [3.8, 4) is 5.75 Å². The highest BCUT2D eigenvalue weighted by atomic mass is 16.5. The summed E-state index contributed by atoms with van der Waals surface area (Å²) in [5.74, 6) is 0.547. The van der Waals surface area contributed by atoms with Gasteiger partial charge in [0.25, 0.3) is 5.91 Å². The van der Waals surface area contributed by atoms with Crippen molar-refractivity contribution in [3.63, 3.8) is 0 Å². The molecule has 5 nitrogen and oxygen atoms in total. The summed E-state index contributed by atoms with van der Waals surface area (Å²) in [4.78, 5) is 26.2. The SMILES string of the molecule is CCC(=O)N(C)c1ccccc1C(=O)NC1COc2ccccc21. The number of hydrogen-bond donors (Lipinski definition) is 1. The fraction of sp³-hybridized carbons (Fsp3) is 0.263. The standard InChI is InChI=1S/C19H20N2O3/c1-3-18(22)21(2)16-10-6-4-9-14(16)19(23)20-15-12-24-17-11-7-5-8-13(15)17/h4-11,15H,3,12H2,1-2H3,(H,20,23). The molecule has 1 atom stereocenters. The molecule has 0 aromatic heterocycles. The van der Waals surface area contributed by atoms with Gasteiger partial charge >= 0.3 is 0 Å². The molecule has 2 aromatic carbocycles. The largest absolute Gasteiger partial charge is 0.491 e. The predicted octanol–water partition coefficient (Wildman–Crippen LogP) is 2.92. The van der Waals surface area contributed by atoms with Crippen LogP contribution in [0.25, 0.3) is 0 Å². The van der Waals surface area contributed by atoms with E-state index >= 15 is 0 Å². The summed E-state index contributed by atoms with van der Waals surface area (Å²) in [5, 5.41) is 3.00. The molecule has 0 radical (unpaired) electrons. The van der Waals surface area contributed by atoms with Crippen LogP contribution >= 0.6 is 0 Å².